The zero-order valence-corrected chi connectivity index (χ0v) is 12.9. The third kappa shape index (κ3) is 5.00. The summed E-state index contributed by atoms with van der Waals surface area (Å²) in [7, 11) is 2.15. The predicted molar refractivity (Wildman–Crippen MR) is 77.6 cm³/mol. The molecule has 0 radical (unpaired) electrons. The van der Waals surface area contributed by atoms with Crippen molar-refractivity contribution in [2.75, 3.05) is 20.2 Å². The Morgan fingerprint density at radius 3 is 2.82 bits per heavy atom. The molecule has 98 valence electrons. The summed E-state index contributed by atoms with van der Waals surface area (Å²) in [5.41, 5.74) is 0. The smallest absolute Gasteiger partial charge is 0.138 e. The summed E-state index contributed by atoms with van der Waals surface area (Å²) in [4.78, 5) is 6.42. The average molecular weight is 344 g/mol. The summed E-state index contributed by atoms with van der Waals surface area (Å²) >= 11 is 3.37. The summed E-state index contributed by atoms with van der Waals surface area (Å²) in [6.45, 7) is 1.94. The molecule has 0 aromatic carbocycles. The van der Waals surface area contributed by atoms with E-state index in [0.717, 1.165) is 16.8 Å². The second-order valence-corrected chi connectivity index (χ2v) is 4.84. The number of hydrogen-bond acceptors (Lipinski definition) is 3. The molecule has 0 bridgehead atoms. The van der Waals surface area contributed by atoms with Crippen LogP contribution in [0.2, 0.25) is 0 Å². The molecule has 1 atom stereocenters. The molecule has 0 spiro atoms. The normalized spacial score (nSPS) is 19.3. The lowest BCUT2D eigenvalue weighted by Crippen LogP contribution is -2.30. The number of likely N-dealkylation sites (tertiary alicyclic amines) is 1. The summed E-state index contributed by atoms with van der Waals surface area (Å²) in [5, 5.41) is 0. The Morgan fingerprint density at radius 1 is 1.47 bits per heavy atom. The molecule has 3 nitrogen and oxygen atoms in total. The molecule has 1 aliphatic heterocycles. The van der Waals surface area contributed by atoms with Gasteiger partial charge in [0.2, 0.25) is 0 Å². The van der Waals surface area contributed by atoms with Crippen molar-refractivity contribution in [3.8, 4) is 5.75 Å². The summed E-state index contributed by atoms with van der Waals surface area (Å²) in [5.74, 6) is 0.838. The van der Waals surface area contributed by atoms with Crippen molar-refractivity contribution in [1.82, 2.24) is 9.88 Å². The van der Waals surface area contributed by atoms with E-state index in [2.05, 4.69) is 32.9 Å². The number of likely N-dealkylation sites (N-methyl/N-ethyl adjacent to an activating group) is 1. The highest BCUT2D eigenvalue weighted by Crippen LogP contribution is 2.19. The van der Waals surface area contributed by atoms with Crippen molar-refractivity contribution in [3.05, 3.63) is 22.9 Å². The van der Waals surface area contributed by atoms with E-state index in [1.54, 1.807) is 12.4 Å². The maximum atomic E-state index is 5.71. The number of halogens is 3. The SMILES string of the molecule is CN1CCC[C@H]1COc1cncc(Br)c1.Cl.Cl. The minimum atomic E-state index is 0. The third-order valence-electron chi connectivity index (χ3n) is 2.79. The molecule has 0 N–H and O–H groups in total. The predicted octanol–water partition coefficient (Wildman–Crippen LogP) is 3.16. The number of nitrogens with zero attached hydrogens (tertiary/aromatic N) is 2. The molecule has 1 aliphatic rings. The molecule has 17 heavy (non-hydrogen) atoms. The van der Waals surface area contributed by atoms with Crippen LogP contribution < -0.4 is 4.74 Å². The minimum absolute atomic E-state index is 0. The van der Waals surface area contributed by atoms with E-state index >= 15 is 0 Å². The summed E-state index contributed by atoms with van der Waals surface area (Å²) in [6, 6.07) is 2.51. The Kier molecular flexibility index (Phi) is 8.12. The first-order valence-electron chi connectivity index (χ1n) is 5.19. The van der Waals surface area contributed by atoms with Crippen LogP contribution in [0.15, 0.2) is 22.9 Å². The van der Waals surface area contributed by atoms with E-state index in [-0.39, 0.29) is 24.8 Å². The molecule has 0 unspecified atom stereocenters. The van der Waals surface area contributed by atoms with Crippen molar-refractivity contribution in [2.24, 2.45) is 0 Å². The highest BCUT2D eigenvalue weighted by atomic mass is 79.9. The fourth-order valence-corrected chi connectivity index (χ4v) is 2.20. The Labute approximate surface area is 123 Å². The van der Waals surface area contributed by atoms with E-state index in [1.807, 2.05) is 6.07 Å². The van der Waals surface area contributed by atoms with Gasteiger partial charge in [-0.15, -0.1) is 24.8 Å². The van der Waals surface area contributed by atoms with Crippen molar-refractivity contribution >= 4 is 40.7 Å². The van der Waals surface area contributed by atoms with Gasteiger partial charge in [-0.2, -0.15) is 0 Å². The molecule has 0 saturated carbocycles. The minimum Gasteiger partial charge on any atom is -0.490 e. The van der Waals surface area contributed by atoms with Gasteiger partial charge in [-0.3, -0.25) is 4.98 Å². The van der Waals surface area contributed by atoms with E-state index in [9.17, 15) is 0 Å². The topological polar surface area (TPSA) is 25.4 Å². The van der Waals surface area contributed by atoms with Gasteiger partial charge in [0, 0.05) is 16.7 Å². The highest BCUT2D eigenvalue weighted by molar-refractivity contribution is 9.10. The molecule has 2 rings (SSSR count). The van der Waals surface area contributed by atoms with Crippen molar-refractivity contribution in [2.45, 2.75) is 18.9 Å². The maximum absolute atomic E-state index is 5.71. The fourth-order valence-electron chi connectivity index (χ4n) is 1.85. The average Bonchev–Trinajstić information content (AvgIpc) is 2.61. The van der Waals surface area contributed by atoms with Gasteiger partial charge in [0.25, 0.3) is 0 Å². The molecule has 6 heteroatoms. The number of rotatable bonds is 3. The van der Waals surface area contributed by atoms with Gasteiger partial charge in [-0.25, -0.2) is 0 Å². The van der Waals surface area contributed by atoms with Gasteiger partial charge >= 0.3 is 0 Å². The third-order valence-corrected chi connectivity index (χ3v) is 3.23. The van der Waals surface area contributed by atoms with Gasteiger partial charge in [0.05, 0.1) is 6.20 Å². The number of ether oxygens (including phenoxy) is 1. The van der Waals surface area contributed by atoms with Gasteiger partial charge < -0.3 is 9.64 Å². The van der Waals surface area contributed by atoms with Crippen LogP contribution in [0.25, 0.3) is 0 Å². The van der Waals surface area contributed by atoms with Crippen LogP contribution in [0.1, 0.15) is 12.8 Å². The molecule has 1 aromatic rings. The lowest BCUT2D eigenvalue weighted by molar-refractivity contribution is 0.198. The molecule has 0 aliphatic carbocycles. The summed E-state index contributed by atoms with van der Waals surface area (Å²) < 4.78 is 6.67. The molecule has 1 aromatic heterocycles. The monoisotopic (exact) mass is 342 g/mol. The first-order chi connectivity index (χ1) is 7.25. The Morgan fingerprint density at radius 2 is 2.24 bits per heavy atom. The molecule has 1 saturated heterocycles. The Hall–Kier alpha value is -0.0300. The van der Waals surface area contributed by atoms with E-state index in [1.165, 1.54) is 19.4 Å². The largest absolute Gasteiger partial charge is 0.490 e. The Balaban J connectivity index is 0.00000128. The van der Waals surface area contributed by atoms with Gasteiger partial charge in [0.1, 0.15) is 12.4 Å². The first-order valence-corrected chi connectivity index (χ1v) is 5.98. The van der Waals surface area contributed by atoms with Crippen molar-refractivity contribution < 1.29 is 4.74 Å². The standard InChI is InChI=1S/C11H15BrN2O.2ClH/c1-14-4-2-3-10(14)8-15-11-5-9(12)6-13-7-11;;/h5-7,10H,2-4,8H2,1H3;2*1H/t10-;;/m0../s1. The van der Waals surface area contributed by atoms with Crippen LogP contribution in [-0.2, 0) is 0 Å². The van der Waals surface area contributed by atoms with Gasteiger partial charge in [-0.1, -0.05) is 0 Å². The lowest BCUT2D eigenvalue weighted by Gasteiger charge is -2.19. The lowest BCUT2D eigenvalue weighted by atomic mass is 10.2. The van der Waals surface area contributed by atoms with Crippen molar-refractivity contribution in [3.63, 3.8) is 0 Å². The van der Waals surface area contributed by atoms with Crippen molar-refractivity contribution in [1.29, 1.82) is 0 Å². The van der Waals surface area contributed by atoms with Gasteiger partial charge in [-0.05, 0) is 48.4 Å². The number of aromatic nitrogens is 1. The maximum Gasteiger partial charge on any atom is 0.138 e. The zero-order valence-electron chi connectivity index (χ0n) is 9.63. The Bertz CT molecular complexity index is 341. The van der Waals surface area contributed by atoms with Crippen LogP contribution >= 0.6 is 40.7 Å². The number of pyridine rings is 1. The van der Waals surface area contributed by atoms with Crippen LogP contribution in [0, 0.1) is 0 Å². The van der Waals surface area contributed by atoms with E-state index < -0.39 is 0 Å². The first kappa shape index (κ1) is 17.0. The molecule has 1 fully saturated rings. The summed E-state index contributed by atoms with van der Waals surface area (Å²) in [6.07, 6.45) is 6.02. The molecular formula is C11H17BrCl2N2O. The molecular weight excluding hydrogens is 327 g/mol. The van der Waals surface area contributed by atoms with E-state index in [0.29, 0.717) is 6.04 Å². The van der Waals surface area contributed by atoms with Crippen LogP contribution in [0.5, 0.6) is 5.75 Å². The van der Waals surface area contributed by atoms with Crippen LogP contribution in [-0.4, -0.2) is 36.1 Å². The second kappa shape index (κ2) is 8.14. The quantitative estimate of drug-likeness (QED) is 0.842. The second-order valence-electron chi connectivity index (χ2n) is 3.93. The van der Waals surface area contributed by atoms with E-state index in [4.69, 9.17) is 4.74 Å². The van der Waals surface area contributed by atoms with Gasteiger partial charge in [0.15, 0.2) is 0 Å². The number of hydrogen-bond donors (Lipinski definition) is 0. The zero-order chi connectivity index (χ0) is 10.7. The highest BCUT2D eigenvalue weighted by Gasteiger charge is 2.21. The fraction of sp³-hybridized carbons (Fsp3) is 0.545. The van der Waals surface area contributed by atoms with Crippen LogP contribution in [0.4, 0.5) is 0 Å². The van der Waals surface area contributed by atoms with Crippen LogP contribution in [0.3, 0.4) is 0 Å². The molecule has 2 heterocycles. The molecule has 0 amide bonds.